The molecule has 1 aromatic rings. The summed E-state index contributed by atoms with van der Waals surface area (Å²) in [4.78, 5) is 4.51. The van der Waals surface area contributed by atoms with Crippen molar-refractivity contribution in [3.05, 3.63) is 34.9 Å². The van der Waals surface area contributed by atoms with Gasteiger partial charge in [-0.3, -0.25) is 4.99 Å². The Labute approximate surface area is 184 Å². The van der Waals surface area contributed by atoms with Crippen molar-refractivity contribution in [1.29, 1.82) is 0 Å². The average Bonchev–Trinajstić information content (AvgIpc) is 2.69. The summed E-state index contributed by atoms with van der Waals surface area (Å²) in [6, 6.07) is 6.03. The van der Waals surface area contributed by atoms with E-state index in [2.05, 4.69) is 55.2 Å². The van der Waals surface area contributed by atoms with Gasteiger partial charge in [0.25, 0.3) is 0 Å². The first-order valence-electron chi connectivity index (χ1n) is 10.5. The molecule has 6 heteroatoms. The Balaban J connectivity index is 1.98. The highest BCUT2D eigenvalue weighted by Crippen LogP contribution is 2.53. The number of hydrazone groups is 1. The number of rotatable bonds is 6. The van der Waals surface area contributed by atoms with E-state index in [4.69, 9.17) is 14.8 Å². The fraction of sp³-hybridized carbons (Fsp3) is 0.583. The quantitative estimate of drug-likeness (QED) is 0.313. The van der Waals surface area contributed by atoms with Crippen molar-refractivity contribution in [2.75, 3.05) is 32.3 Å². The van der Waals surface area contributed by atoms with Crippen molar-refractivity contribution in [1.82, 2.24) is 0 Å². The number of benzene rings is 1. The minimum Gasteiger partial charge on any atom is -0.376 e. The standard InChI is InChI=1S/C24H37N3O2S/c1-19-16-20(10-9-15-29-30(5,6)24(2,3)4)12-13-22(19)23(27-25)18-26-17-21-11-7-8-14-28-21/h12-13,16,18,21H,7-8,11,14-15,17,25H2,1-6H3/b26-18?,27-23+. The maximum Gasteiger partial charge on any atom is 0.120 e. The molecule has 5 nitrogen and oxygen atoms in total. The average molecular weight is 432 g/mol. The molecular weight excluding hydrogens is 394 g/mol. The minimum absolute atomic E-state index is 0.134. The summed E-state index contributed by atoms with van der Waals surface area (Å²) in [5.74, 6) is 12.0. The summed E-state index contributed by atoms with van der Waals surface area (Å²) in [5, 5.41) is 3.93. The largest absolute Gasteiger partial charge is 0.376 e. The van der Waals surface area contributed by atoms with Crippen molar-refractivity contribution >= 4 is 22.2 Å². The van der Waals surface area contributed by atoms with Gasteiger partial charge < -0.3 is 14.8 Å². The van der Waals surface area contributed by atoms with Crippen LogP contribution in [0.25, 0.3) is 0 Å². The molecule has 1 atom stereocenters. The number of nitrogens with zero attached hydrogens (tertiary/aromatic N) is 2. The smallest absolute Gasteiger partial charge is 0.120 e. The van der Waals surface area contributed by atoms with Gasteiger partial charge in [-0.05, 0) is 56.4 Å². The second-order valence-corrected chi connectivity index (χ2v) is 12.9. The predicted molar refractivity (Wildman–Crippen MR) is 131 cm³/mol. The number of hydrogen-bond donors (Lipinski definition) is 1. The van der Waals surface area contributed by atoms with E-state index in [0.717, 1.165) is 36.1 Å². The molecule has 0 radical (unpaired) electrons. The molecule has 1 aliphatic heterocycles. The zero-order valence-electron chi connectivity index (χ0n) is 19.3. The molecule has 1 saturated heterocycles. The molecule has 0 amide bonds. The zero-order valence-corrected chi connectivity index (χ0v) is 20.1. The summed E-state index contributed by atoms with van der Waals surface area (Å²) >= 11 is 0. The van der Waals surface area contributed by atoms with Gasteiger partial charge in [0, 0.05) is 28.7 Å². The van der Waals surface area contributed by atoms with Crippen molar-refractivity contribution in [2.24, 2.45) is 15.9 Å². The molecule has 1 aliphatic rings. The summed E-state index contributed by atoms with van der Waals surface area (Å²) in [6.07, 6.45) is 9.74. The highest BCUT2D eigenvalue weighted by molar-refractivity contribution is 8.29. The van der Waals surface area contributed by atoms with E-state index in [9.17, 15) is 0 Å². The van der Waals surface area contributed by atoms with Crippen LogP contribution in [0.4, 0.5) is 0 Å². The first-order chi connectivity index (χ1) is 14.1. The molecule has 0 bridgehead atoms. The first kappa shape index (κ1) is 24.5. The summed E-state index contributed by atoms with van der Waals surface area (Å²) in [5.41, 5.74) is 3.65. The van der Waals surface area contributed by atoms with Gasteiger partial charge in [-0.1, -0.05) is 38.7 Å². The van der Waals surface area contributed by atoms with Crippen LogP contribution in [0.15, 0.2) is 28.3 Å². The number of aryl methyl sites for hydroxylation is 1. The molecule has 0 aliphatic carbocycles. The Morgan fingerprint density at radius 1 is 1.33 bits per heavy atom. The lowest BCUT2D eigenvalue weighted by molar-refractivity contribution is 0.0226. The summed E-state index contributed by atoms with van der Waals surface area (Å²) in [6.45, 7) is 10.6. The van der Waals surface area contributed by atoms with E-state index in [1.165, 1.54) is 6.42 Å². The number of aliphatic imine (C=N–C) groups is 1. The molecule has 2 rings (SSSR count). The van der Waals surface area contributed by atoms with Crippen LogP contribution in [0.3, 0.4) is 0 Å². The van der Waals surface area contributed by atoms with Gasteiger partial charge >= 0.3 is 0 Å². The summed E-state index contributed by atoms with van der Waals surface area (Å²) in [7, 11) is -1.15. The van der Waals surface area contributed by atoms with Crippen LogP contribution in [0, 0.1) is 18.8 Å². The molecule has 1 fully saturated rings. The lowest BCUT2D eigenvalue weighted by atomic mass is 10.0. The number of hydrogen-bond acceptors (Lipinski definition) is 5. The van der Waals surface area contributed by atoms with E-state index >= 15 is 0 Å². The molecular formula is C24H37N3O2S. The van der Waals surface area contributed by atoms with Crippen LogP contribution >= 0.6 is 10.3 Å². The molecule has 1 aromatic carbocycles. The van der Waals surface area contributed by atoms with E-state index in [0.29, 0.717) is 18.9 Å². The highest BCUT2D eigenvalue weighted by atomic mass is 32.3. The lowest BCUT2D eigenvalue weighted by Gasteiger charge is -2.43. The Kier molecular flexibility index (Phi) is 8.96. The van der Waals surface area contributed by atoms with Crippen molar-refractivity contribution < 1.29 is 8.92 Å². The molecule has 0 spiro atoms. The zero-order chi connectivity index (χ0) is 22.2. The van der Waals surface area contributed by atoms with E-state index < -0.39 is 10.3 Å². The normalized spacial score (nSPS) is 18.9. The van der Waals surface area contributed by atoms with Crippen molar-refractivity contribution in [3.8, 4) is 11.8 Å². The first-order valence-corrected chi connectivity index (χ1v) is 12.9. The SMILES string of the molecule is Cc1cc(C#CCOS(C)(C)C(C)(C)C)ccc1/C(C=NCC1CCCCO1)=N/N. The van der Waals surface area contributed by atoms with Crippen LogP contribution in [0.5, 0.6) is 0 Å². The maximum absolute atomic E-state index is 6.07. The third-order valence-corrected chi connectivity index (χ3v) is 9.23. The Morgan fingerprint density at radius 2 is 2.10 bits per heavy atom. The van der Waals surface area contributed by atoms with Gasteiger partial charge in [-0.15, -0.1) is 10.3 Å². The van der Waals surface area contributed by atoms with Gasteiger partial charge in [0.15, 0.2) is 0 Å². The number of ether oxygens (including phenoxy) is 1. The third kappa shape index (κ3) is 7.16. The Bertz CT molecular complexity index is 823. The van der Waals surface area contributed by atoms with Gasteiger partial charge in [0.1, 0.15) is 12.3 Å². The van der Waals surface area contributed by atoms with Gasteiger partial charge in [0.05, 0.1) is 12.6 Å². The summed E-state index contributed by atoms with van der Waals surface area (Å²) < 4.78 is 11.9. The molecule has 0 aromatic heterocycles. The topological polar surface area (TPSA) is 69.2 Å². The predicted octanol–water partition coefficient (Wildman–Crippen LogP) is 4.44. The second-order valence-electron chi connectivity index (χ2n) is 8.94. The minimum atomic E-state index is -1.15. The third-order valence-electron chi connectivity index (χ3n) is 5.57. The molecule has 2 N–H and O–H groups in total. The molecule has 0 saturated carbocycles. The van der Waals surface area contributed by atoms with Crippen LogP contribution in [0.2, 0.25) is 0 Å². The fourth-order valence-corrected chi connectivity index (χ4v) is 3.61. The van der Waals surface area contributed by atoms with E-state index in [-0.39, 0.29) is 10.9 Å². The lowest BCUT2D eigenvalue weighted by Crippen LogP contribution is -2.25. The molecule has 30 heavy (non-hydrogen) atoms. The second kappa shape index (κ2) is 11.0. The van der Waals surface area contributed by atoms with E-state index in [1.807, 2.05) is 25.1 Å². The van der Waals surface area contributed by atoms with E-state index in [1.54, 1.807) is 6.21 Å². The van der Waals surface area contributed by atoms with Crippen molar-refractivity contribution in [2.45, 2.75) is 57.8 Å². The monoisotopic (exact) mass is 431 g/mol. The molecule has 1 heterocycles. The van der Waals surface area contributed by atoms with Crippen molar-refractivity contribution in [3.63, 3.8) is 0 Å². The van der Waals surface area contributed by atoms with Gasteiger partial charge in [-0.25, -0.2) is 0 Å². The van der Waals surface area contributed by atoms with Crippen LogP contribution in [0.1, 0.15) is 56.7 Å². The Morgan fingerprint density at radius 3 is 2.70 bits per heavy atom. The van der Waals surface area contributed by atoms with Gasteiger partial charge in [0.2, 0.25) is 0 Å². The van der Waals surface area contributed by atoms with Crippen LogP contribution < -0.4 is 5.84 Å². The number of nitrogens with two attached hydrogens (primary N) is 1. The van der Waals surface area contributed by atoms with Crippen LogP contribution in [-0.4, -0.2) is 55.0 Å². The van der Waals surface area contributed by atoms with Gasteiger partial charge in [-0.2, -0.15) is 5.10 Å². The molecule has 166 valence electrons. The Hall–Kier alpha value is -1.81. The molecule has 1 unspecified atom stereocenters. The van der Waals surface area contributed by atoms with Crippen LogP contribution in [-0.2, 0) is 8.92 Å². The maximum atomic E-state index is 6.07. The highest BCUT2D eigenvalue weighted by Gasteiger charge is 2.28. The fourth-order valence-electron chi connectivity index (χ4n) is 2.90.